The molecule has 0 aromatic heterocycles. The molecular formula is C24H35N. The van der Waals surface area contributed by atoms with Gasteiger partial charge in [0.1, 0.15) is 0 Å². The van der Waals surface area contributed by atoms with Crippen LogP contribution < -0.4 is 5.73 Å². The first-order valence-electron chi connectivity index (χ1n) is 10.2. The third kappa shape index (κ3) is 3.12. The van der Waals surface area contributed by atoms with E-state index in [0.717, 1.165) is 24.2 Å². The Balaban J connectivity index is 0.000000880. The highest BCUT2D eigenvalue weighted by molar-refractivity contribution is 5.53. The van der Waals surface area contributed by atoms with Crippen molar-refractivity contribution in [1.82, 2.24) is 0 Å². The first-order chi connectivity index (χ1) is 12.1. The fraction of sp³-hybridized carbons (Fsp3) is 0.583. The molecule has 1 nitrogen and oxygen atoms in total. The van der Waals surface area contributed by atoms with Gasteiger partial charge in [0.25, 0.3) is 0 Å². The van der Waals surface area contributed by atoms with Crippen LogP contribution in [0, 0.1) is 17.3 Å². The van der Waals surface area contributed by atoms with Crippen molar-refractivity contribution in [3.8, 4) is 0 Å². The van der Waals surface area contributed by atoms with Gasteiger partial charge in [0, 0.05) is 0 Å². The summed E-state index contributed by atoms with van der Waals surface area (Å²) in [6.45, 7) is 9.14. The molecule has 2 fully saturated rings. The van der Waals surface area contributed by atoms with Crippen molar-refractivity contribution in [2.75, 3.05) is 7.05 Å². The monoisotopic (exact) mass is 337 g/mol. The number of fused-ring (bicyclic) bond motifs is 5. The lowest BCUT2D eigenvalue weighted by Gasteiger charge is -2.49. The molecule has 1 aromatic rings. The minimum absolute atomic E-state index is 0.447. The van der Waals surface area contributed by atoms with E-state index in [2.05, 4.69) is 56.5 Å². The Hall–Kier alpha value is -1.34. The molecular weight excluding hydrogens is 302 g/mol. The Morgan fingerprint density at radius 2 is 2.00 bits per heavy atom. The van der Waals surface area contributed by atoms with Crippen LogP contribution in [0.5, 0.6) is 0 Å². The lowest BCUT2D eigenvalue weighted by molar-refractivity contribution is 0.0817. The fourth-order valence-corrected chi connectivity index (χ4v) is 5.87. The number of benzene rings is 1. The summed E-state index contributed by atoms with van der Waals surface area (Å²) in [5, 5.41) is 0. The van der Waals surface area contributed by atoms with Gasteiger partial charge in [-0.25, -0.2) is 0 Å². The smallest absolute Gasteiger partial charge is 0.00876 e. The number of allylic oxidation sites excluding steroid dienone is 2. The molecule has 1 aromatic carbocycles. The molecule has 25 heavy (non-hydrogen) atoms. The fourth-order valence-electron chi connectivity index (χ4n) is 5.87. The van der Waals surface area contributed by atoms with Crippen molar-refractivity contribution in [2.24, 2.45) is 23.0 Å². The van der Waals surface area contributed by atoms with E-state index in [-0.39, 0.29) is 0 Å². The molecule has 0 amide bonds. The van der Waals surface area contributed by atoms with Gasteiger partial charge in [-0.2, -0.15) is 0 Å². The van der Waals surface area contributed by atoms with Crippen molar-refractivity contribution in [2.45, 2.75) is 64.7 Å². The zero-order valence-electron chi connectivity index (χ0n) is 16.4. The van der Waals surface area contributed by atoms with Crippen molar-refractivity contribution in [1.29, 1.82) is 0 Å². The van der Waals surface area contributed by atoms with Crippen LogP contribution in [0.1, 0.15) is 75.0 Å². The third-order valence-corrected chi connectivity index (χ3v) is 7.25. The van der Waals surface area contributed by atoms with Crippen LogP contribution in [0.25, 0.3) is 6.08 Å². The normalized spacial score (nSPS) is 33.3. The van der Waals surface area contributed by atoms with Gasteiger partial charge in [0.15, 0.2) is 0 Å². The second-order valence-corrected chi connectivity index (χ2v) is 8.28. The molecule has 4 rings (SSSR count). The standard InChI is InChI=1S/C23H30.CH5N/c1-4-5-6-17-8-10-19-18(15-17)9-11-21-20(19)13-14-23(3)16(2)7-12-22(21)23;1-2/h5-6,8,10,15,20-22H,2,4,7,9,11-14H2,1,3H3;2H2,1H3/b6-5+;. The Morgan fingerprint density at radius 3 is 2.76 bits per heavy atom. The minimum Gasteiger partial charge on any atom is -0.333 e. The first kappa shape index (κ1) is 18.5. The average Bonchev–Trinajstić information content (AvgIpc) is 2.96. The molecule has 2 saturated carbocycles. The Morgan fingerprint density at radius 1 is 1.20 bits per heavy atom. The molecule has 2 N–H and O–H groups in total. The van der Waals surface area contributed by atoms with E-state index in [1.165, 1.54) is 51.1 Å². The summed E-state index contributed by atoms with van der Waals surface area (Å²) in [6, 6.07) is 7.25. The zero-order chi connectivity index (χ0) is 18.0. The van der Waals surface area contributed by atoms with Crippen molar-refractivity contribution in [3.05, 3.63) is 53.1 Å². The second-order valence-electron chi connectivity index (χ2n) is 8.28. The van der Waals surface area contributed by atoms with Gasteiger partial charge in [0.05, 0.1) is 0 Å². The summed E-state index contributed by atoms with van der Waals surface area (Å²) in [7, 11) is 1.50. The Kier molecular flexibility index (Phi) is 5.53. The molecule has 0 radical (unpaired) electrons. The molecule has 0 heterocycles. The van der Waals surface area contributed by atoms with E-state index in [1.807, 2.05) is 0 Å². The van der Waals surface area contributed by atoms with E-state index in [9.17, 15) is 0 Å². The molecule has 136 valence electrons. The summed E-state index contributed by atoms with van der Waals surface area (Å²) in [6.07, 6.45) is 13.7. The Bertz CT molecular complexity index is 656. The van der Waals surface area contributed by atoms with E-state index in [4.69, 9.17) is 0 Å². The van der Waals surface area contributed by atoms with Crippen LogP contribution in [-0.4, -0.2) is 7.05 Å². The van der Waals surface area contributed by atoms with Gasteiger partial charge >= 0.3 is 0 Å². The second kappa shape index (κ2) is 7.50. The minimum atomic E-state index is 0.447. The van der Waals surface area contributed by atoms with Crippen LogP contribution in [0.4, 0.5) is 0 Å². The van der Waals surface area contributed by atoms with E-state index in [1.54, 1.807) is 16.7 Å². The van der Waals surface area contributed by atoms with E-state index >= 15 is 0 Å². The predicted octanol–water partition coefficient (Wildman–Crippen LogP) is 6.10. The van der Waals surface area contributed by atoms with Crippen LogP contribution in [0.3, 0.4) is 0 Å². The lowest BCUT2D eigenvalue weighted by atomic mass is 9.55. The van der Waals surface area contributed by atoms with Gasteiger partial charge in [-0.1, -0.05) is 56.4 Å². The maximum absolute atomic E-state index is 4.50. The molecule has 3 aliphatic rings. The van der Waals surface area contributed by atoms with Gasteiger partial charge < -0.3 is 5.73 Å². The summed E-state index contributed by atoms with van der Waals surface area (Å²) in [5.74, 6) is 2.60. The molecule has 0 aliphatic heterocycles. The van der Waals surface area contributed by atoms with Crippen LogP contribution >= 0.6 is 0 Å². The maximum Gasteiger partial charge on any atom is -0.00876 e. The van der Waals surface area contributed by atoms with Crippen molar-refractivity contribution >= 4 is 6.08 Å². The van der Waals surface area contributed by atoms with E-state index in [0.29, 0.717) is 5.41 Å². The van der Waals surface area contributed by atoms with Gasteiger partial charge in [0.2, 0.25) is 0 Å². The molecule has 3 aliphatic carbocycles. The first-order valence-corrected chi connectivity index (χ1v) is 10.2. The number of rotatable bonds is 2. The number of hydrogen-bond donors (Lipinski definition) is 1. The highest BCUT2D eigenvalue weighted by Gasteiger charge is 2.51. The van der Waals surface area contributed by atoms with E-state index < -0.39 is 0 Å². The van der Waals surface area contributed by atoms with Crippen molar-refractivity contribution < 1.29 is 0 Å². The molecule has 0 bridgehead atoms. The molecule has 4 atom stereocenters. The van der Waals surface area contributed by atoms with Crippen LogP contribution in [0.2, 0.25) is 0 Å². The Labute approximate surface area is 154 Å². The summed E-state index contributed by atoms with van der Waals surface area (Å²) < 4.78 is 0. The molecule has 4 unspecified atom stereocenters. The maximum atomic E-state index is 4.50. The average molecular weight is 338 g/mol. The zero-order valence-corrected chi connectivity index (χ0v) is 16.4. The van der Waals surface area contributed by atoms with Gasteiger partial charge in [-0.3, -0.25) is 0 Å². The quantitative estimate of drug-likeness (QED) is 0.649. The SMILES string of the molecule is C=C1CCC2C3CCc4cc(/C=C/CC)ccc4C3CCC12C.CN. The topological polar surface area (TPSA) is 26.0 Å². The van der Waals surface area contributed by atoms with Crippen LogP contribution in [0.15, 0.2) is 36.4 Å². The van der Waals surface area contributed by atoms with Crippen molar-refractivity contribution in [3.63, 3.8) is 0 Å². The summed E-state index contributed by atoms with van der Waals surface area (Å²) >= 11 is 0. The molecule has 0 spiro atoms. The largest absolute Gasteiger partial charge is 0.333 e. The van der Waals surface area contributed by atoms with Crippen LogP contribution in [-0.2, 0) is 6.42 Å². The summed E-state index contributed by atoms with van der Waals surface area (Å²) in [5.41, 5.74) is 11.2. The molecule has 1 heteroatoms. The number of hydrogen-bond acceptors (Lipinski definition) is 1. The number of nitrogens with two attached hydrogens (primary N) is 1. The lowest BCUT2D eigenvalue weighted by Crippen LogP contribution is -2.40. The third-order valence-electron chi connectivity index (χ3n) is 7.25. The van der Waals surface area contributed by atoms with Gasteiger partial charge in [-0.15, -0.1) is 0 Å². The number of aryl methyl sites for hydroxylation is 1. The summed E-state index contributed by atoms with van der Waals surface area (Å²) in [4.78, 5) is 0. The highest BCUT2D eigenvalue weighted by Crippen LogP contribution is 2.62. The molecule has 0 saturated heterocycles. The highest BCUT2D eigenvalue weighted by atomic mass is 14.6. The predicted molar refractivity (Wildman–Crippen MR) is 110 cm³/mol. The van der Waals surface area contributed by atoms with Gasteiger partial charge in [-0.05, 0) is 91.9 Å².